The zero-order valence-electron chi connectivity index (χ0n) is 9.25. The quantitative estimate of drug-likeness (QED) is 0.720. The third-order valence-corrected chi connectivity index (χ3v) is 3.17. The molecular formula is C11H22N2O. The Morgan fingerprint density at radius 2 is 2.14 bits per heavy atom. The molecule has 3 atom stereocenters. The molecule has 0 spiro atoms. The highest BCUT2D eigenvalue weighted by Crippen LogP contribution is 2.26. The molecule has 0 saturated heterocycles. The van der Waals surface area contributed by atoms with Crippen LogP contribution in [0.4, 0.5) is 0 Å². The Kier molecular flexibility index (Phi) is 4.39. The first kappa shape index (κ1) is 11.5. The van der Waals surface area contributed by atoms with Crippen molar-refractivity contribution in [2.24, 2.45) is 11.7 Å². The van der Waals surface area contributed by atoms with E-state index in [2.05, 4.69) is 12.2 Å². The molecule has 2 unspecified atom stereocenters. The van der Waals surface area contributed by atoms with Gasteiger partial charge in [-0.2, -0.15) is 0 Å². The molecule has 1 aliphatic rings. The summed E-state index contributed by atoms with van der Waals surface area (Å²) in [5, 5.41) is 3.06. The number of carbonyl (C=O) groups excluding carboxylic acids is 1. The second-order valence-electron chi connectivity index (χ2n) is 4.36. The second kappa shape index (κ2) is 5.35. The van der Waals surface area contributed by atoms with Crippen molar-refractivity contribution in [3.8, 4) is 0 Å². The smallest absolute Gasteiger partial charge is 0.236 e. The molecule has 0 heterocycles. The highest BCUT2D eigenvalue weighted by Gasteiger charge is 2.25. The van der Waals surface area contributed by atoms with Crippen molar-refractivity contribution in [1.82, 2.24) is 5.32 Å². The minimum Gasteiger partial charge on any atom is -0.352 e. The van der Waals surface area contributed by atoms with E-state index in [0.717, 1.165) is 12.8 Å². The molecule has 3 heteroatoms. The predicted molar refractivity (Wildman–Crippen MR) is 57.8 cm³/mol. The van der Waals surface area contributed by atoms with E-state index in [9.17, 15) is 4.79 Å². The molecular weight excluding hydrogens is 176 g/mol. The van der Waals surface area contributed by atoms with E-state index in [1.165, 1.54) is 19.3 Å². The molecule has 0 aromatic rings. The van der Waals surface area contributed by atoms with E-state index in [0.29, 0.717) is 12.0 Å². The molecule has 3 N–H and O–H groups in total. The van der Waals surface area contributed by atoms with Crippen molar-refractivity contribution < 1.29 is 4.79 Å². The first-order valence-electron chi connectivity index (χ1n) is 5.71. The van der Waals surface area contributed by atoms with E-state index in [1.807, 2.05) is 0 Å². The molecule has 1 amide bonds. The van der Waals surface area contributed by atoms with Crippen LogP contribution in [0, 0.1) is 5.92 Å². The van der Waals surface area contributed by atoms with Crippen LogP contribution < -0.4 is 11.1 Å². The summed E-state index contributed by atoms with van der Waals surface area (Å²) in [4.78, 5) is 11.4. The summed E-state index contributed by atoms with van der Waals surface area (Å²) >= 11 is 0. The molecule has 1 aliphatic carbocycles. The van der Waals surface area contributed by atoms with Crippen LogP contribution in [0.15, 0.2) is 0 Å². The molecule has 3 nitrogen and oxygen atoms in total. The Bertz CT molecular complexity index is 192. The van der Waals surface area contributed by atoms with Gasteiger partial charge < -0.3 is 11.1 Å². The van der Waals surface area contributed by atoms with Gasteiger partial charge in [-0.25, -0.2) is 0 Å². The Balaban J connectivity index is 2.44. The summed E-state index contributed by atoms with van der Waals surface area (Å²) in [6, 6.07) is -0.0123. The highest BCUT2D eigenvalue weighted by atomic mass is 16.2. The van der Waals surface area contributed by atoms with Crippen LogP contribution in [0.5, 0.6) is 0 Å². The Morgan fingerprint density at radius 3 is 2.71 bits per heavy atom. The number of nitrogens with two attached hydrogens (primary N) is 1. The Labute approximate surface area is 86.4 Å². The van der Waals surface area contributed by atoms with Gasteiger partial charge in [0, 0.05) is 6.04 Å². The maximum absolute atomic E-state index is 11.4. The maximum Gasteiger partial charge on any atom is 0.236 e. The van der Waals surface area contributed by atoms with Crippen LogP contribution >= 0.6 is 0 Å². The number of hydrogen-bond donors (Lipinski definition) is 2. The normalized spacial score (nSPS) is 29.6. The molecule has 0 bridgehead atoms. The zero-order chi connectivity index (χ0) is 10.6. The average Bonchev–Trinajstić information content (AvgIpc) is 2.18. The summed E-state index contributed by atoms with van der Waals surface area (Å²) < 4.78 is 0. The number of nitrogens with one attached hydrogen (secondary N) is 1. The van der Waals surface area contributed by atoms with Crippen LogP contribution in [0.2, 0.25) is 0 Å². The van der Waals surface area contributed by atoms with Gasteiger partial charge >= 0.3 is 0 Å². The number of amides is 1. The van der Waals surface area contributed by atoms with Gasteiger partial charge in [-0.3, -0.25) is 4.79 Å². The Hall–Kier alpha value is -0.570. The molecule has 0 radical (unpaired) electrons. The minimum absolute atomic E-state index is 0.00431. The molecule has 0 aliphatic heterocycles. The lowest BCUT2D eigenvalue weighted by Crippen LogP contribution is -2.47. The summed E-state index contributed by atoms with van der Waals surface area (Å²) in [7, 11) is 0. The van der Waals surface area contributed by atoms with Gasteiger partial charge in [-0.15, -0.1) is 0 Å². The fourth-order valence-corrected chi connectivity index (χ4v) is 2.20. The maximum atomic E-state index is 11.4. The van der Waals surface area contributed by atoms with Crippen molar-refractivity contribution >= 4 is 5.91 Å². The fourth-order valence-electron chi connectivity index (χ4n) is 2.20. The topological polar surface area (TPSA) is 55.1 Å². The second-order valence-corrected chi connectivity index (χ2v) is 4.36. The molecule has 0 aromatic heterocycles. The van der Waals surface area contributed by atoms with Crippen LogP contribution in [0.1, 0.15) is 46.0 Å². The van der Waals surface area contributed by atoms with Gasteiger partial charge in [-0.1, -0.05) is 26.2 Å². The lowest BCUT2D eigenvalue weighted by atomic mass is 9.83. The lowest BCUT2D eigenvalue weighted by molar-refractivity contribution is -0.123. The number of hydrogen-bond acceptors (Lipinski definition) is 2. The average molecular weight is 198 g/mol. The largest absolute Gasteiger partial charge is 0.352 e. The predicted octanol–water partition coefficient (Wildman–Crippen LogP) is 1.42. The standard InChI is InChI=1S/C11H22N2O/c1-3-9-6-4-5-7-10(9)13-11(14)8(2)12/h8-10H,3-7,12H2,1-2H3,(H,13,14)/t8-,9?,10?/m0/s1. The zero-order valence-corrected chi connectivity index (χ0v) is 9.25. The summed E-state index contributed by atoms with van der Waals surface area (Å²) in [5.74, 6) is 0.654. The van der Waals surface area contributed by atoms with E-state index >= 15 is 0 Å². The third-order valence-electron chi connectivity index (χ3n) is 3.17. The van der Waals surface area contributed by atoms with Gasteiger partial charge in [0.15, 0.2) is 0 Å². The third kappa shape index (κ3) is 2.98. The van der Waals surface area contributed by atoms with Gasteiger partial charge in [0.05, 0.1) is 6.04 Å². The molecule has 14 heavy (non-hydrogen) atoms. The van der Waals surface area contributed by atoms with Crippen molar-refractivity contribution in [1.29, 1.82) is 0 Å². The molecule has 1 rings (SSSR count). The molecule has 1 fully saturated rings. The number of carbonyl (C=O) groups is 1. The van der Waals surface area contributed by atoms with Crippen LogP contribution in [-0.2, 0) is 4.79 Å². The monoisotopic (exact) mass is 198 g/mol. The van der Waals surface area contributed by atoms with Crippen molar-refractivity contribution in [2.45, 2.75) is 58.0 Å². The SMILES string of the molecule is CCC1CCCCC1NC(=O)[C@H](C)N. The lowest BCUT2D eigenvalue weighted by Gasteiger charge is -2.31. The van der Waals surface area contributed by atoms with Gasteiger partial charge in [0.2, 0.25) is 5.91 Å². The van der Waals surface area contributed by atoms with Gasteiger partial charge in [0.25, 0.3) is 0 Å². The summed E-state index contributed by atoms with van der Waals surface area (Å²) in [6.07, 6.45) is 6.07. The fraction of sp³-hybridized carbons (Fsp3) is 0.909. The highest BCUT2D eigenvalue weighted by molar-refractivity contribution is 5.81. The van der Waals surface area contributed by atoms with E-state index in [4.69, 9.17) is 5.73 Å². The molecule has 1 saturated carbocycles. The van der Waals surface area contributed by atoms with Crippen LogP contribution in [0.25, 0.3) is 0 Å². The molecule has 0 aromatic carbocycles. The summed E-state index contributed by atoms with van der Waals surface area (Å²) in [5.41, 5.74) is 5.53. The van der Waals surface area contributed by atoms with Crippen molar-refractivity contribution in [3.63, 3.8) is 0 Å². The van der Waals surface area contributed by atoms with E-state index < -0.39 is 0 Å². The van der Waals surface area contributed by atoms with Crippen LogP contribution in [0.3, 0.4) is 0 Å². The van der Waals surface area contributed by atoms with Crippen molar-refractivity contribution in [2.75, 3.05) is 0 Å². The minimum atomic E-state index is -0.380. The Morgan fingerprint density at radius 1 is 1.50 bits per heavy atom. The van der Waals surface area contributed by atoms with Crippen LogP contribution in [-0.4, -0.2) is 18.0 Å². The van der Waals surface area contributed by atoms with Gasteiger partial charge in [-0.05, 0) is 25.7 Å². The first-order chi connectivity index (χ1) is 6.65. The summed E-state index contributed by atoms with van der Waals surface area (Å²) in [6.45, 7) is 3.93. The van der Waals surface area contributed by atoms with E-state index in [-0.39, 0.29) is 11.9 Å². The van der Waals surface area contributed by atoms with E-state index in [1.54, 1.807) is 6.92 Å². The van der Waals surface area contributed by atoms with Gasteiger partial charge in [0.1, 0.15) is 0 Å². The first-order valence-corrected chi connectivity index (χ1v) is 5.71. The van der Waals surface area contributed by atoms with Crippen molar-refractivity contribution in [3.05, 3.63) is 0 Å². The number of rotatable bonds is 3. The molecule has 82 valence electrons.